The van der Waals surface area contributed by atoms with Gasteiger partial charge in [-0.3, -0.25) is 14.3 Å². The van der Waals surface area contributed by atoms with Crippen molar-refractivity contribution in [2.75, 3.05) is 6.61 Å². The van der Waals surface area contributed by atoms with Crippen molar-refractivity contribution in [1.29, 1.82) is 0 Å². The molecule has 124 valence electrons. The minimum absolute atomic E-state index is 0.0914. The number of rotatable bonds is 2. The SMILES string of the molecule is O=c1[nH]c(=O)n(C2C(O)C(O)C(CO)C2F)cc1C(F)(F)F. The molecule has 7 nitrogen and oxygen atoms in total. The van der Waals surface area contributed by atoms with Gasteiger partial charge in [0.2, 0.25) is 0 Å². The Morgan fingerprint density at radius 1 is 1.23 bits per heavy atom. The fourth-order valence-corrected chi connectivity index (χ4v) is 2.52. The van der Waals surface area contributed by atoms with Gasteiger partial charge in [-0.2, -0.15) is 13.2 Å². The normalized spacial score (nSPS) is 32.4. The highest BCUT2D eigenvalue weighted by molar-refractivity contribution is 5.12. The van der Waals surface area contributed by atoms with Crippen molar-refractivity contribution < 1.29 is 32.9 Å². The van der Waals surface area contributed by atoms with Crippen molar-refractivity contribution in [2.24, 2.45) is 5.92 Å². The summed E-state index contributed by atoms with van der Waals surface area (Å²) in [5.74, 6) is -1.46. The van der Waals surface area contributed by atoms with Crippen molar-refractivity contribution in [3.63, 3.8) is 0 Å². The Bertz CT molecular complexity index is 670. The number of halogens is 4. The van der Waals surface area contributed by atoms with E-state index in [-0.39, 0.29) is 10.8 Å². The van der Waals surface area contributed by atoms with E-state index < -0.39 is 59.9 Å². The number of nitrogens with one attached hydrogen (secondary N) is 1. The van der Waals surface area contributed by atoms with Crippen LogP contribution in [0.5, 0.6) is 0 Å². The Morgan fingerprint density at radius 2 is 1.82 bits per heavy atom. The maximum atomic E-state index is 14.1. The van der Waals surface area contributed by atoms with Crippen LogP contribution in [0.4, 0.5) is 17.6 Å². The molecule has 1 aliphatic carbocycles. The molecule has 0 bridgehead atoms. The smallest absolute Gasteiger partial charge is 0.396 e. The van der Waals surface area contributed by atoms with E-state index in [0.29, 0.717) is 0 Å². The van der Waals surface area contributed by atoms with Crippen molar-refractivity contribution in [3.8, 4) is 0 Å². The summed E-state index contributed by atoms with van der Waals surface area (Å²) in [4.78, 5) is 24.2. The summed E-state index contributed by atoms with van der Waals surface area (Å²) in [7, 11) is 0. The predicted molar refractivity (Wildman–Crippen MR) is 62.8 cm³/mol. The fraction of sp³-hybridized carbons (Fsp3) is 0.636. The Hall–Kier alpha value is -1.72. The number of H-pyrrole nitrogens is 1. The largest absolute Gasteiger partial charge is 0.423 e. The topological polar surface area (TPSA) is 116 Å². The molecule has 11 heteroatoms. The van der Waals surface area contributed by atoms with Crippen LogP contribution in [0.25, 0.3) is 0 Å². The number of aromatic nitrogens is 2. The zero-order valence-electron chi connectivity index (χ0n) is 10.8. The zero-order valence-corrected chi connectivity index (χ0v) is 10.8. The molecular weight excluding hydrogens is 316 g/mol. The van der Waals surface area contributed by atoms with Gasteiger partial charge in [-0.15, -0.1) is 0 Å². The summed E-state index contributed by atoms with van der Waals surface area (Å²) in [6.45, 7) is -0.875. The third-order valence-corrected chi connectivity index (χ3v) is 3.68. The molecule has 2 rings (SSSR count). The van der Waals surface area contributed by atoms with Crippen LogP contribution in [-0.4, -0.2) is 49.9 Å². The van der Waals surface area contributed by atoms with Gasteiger partial charge in [0.05, 0.1) is 18.8 Å². The van der Waals surface area contributed by atoms with Gasteiger partial charge in [-0.1, -0.05) is 0 Å². The highest BCUT2D eigenvalue weighted by atomic mass is 19.4. The minimum atomic E-state index is -5.09. The standard InChI is InChI=1S/C11H12F4N2O5/c12-5-3(2-18)7(19)8(20)6(5)17-1-4(11(13,14)15)9(21)16-10(17)22/h1,3,5-8,18-20H,2H2,(H,16,21,22). The lowest BCUT2D eigenvalue weighted by Crippen LogP contribution is -2.41. The summed E-state index contributed by atoms with van der Waals surface area (Å²) in [5, 5.41) is 28.3. The molecule has 0 aliphatic heterocycles. The first kappa shape index (κ1) is 16.6. The van der Waals surface area contributed by atoms with Gasteiger partial charge in [0.25, 0.3) is 5.56 Å². The first-order chi connectivity index (χ1) is 10.1. The third-order valence-electron chi connectivity index (χ3n) is 3.68. The first-order valence-corrected chi connectivity index (χ1v) is 6.13. The molecule has 5 atom stereocenters. The highest BCUT2D eigenvalue weighted by Crippen LogP contribution is 2.37. The quantitative estimate of drug-likeness (QED) is 0.508. The van der Waals surface area contributed by atoms with Crippen LogP contribution in [0.3, 0.4) is 0 Å². The number of aliphatic hydroxyl groups is 3. The van der Waals surface area contributed by atoms with E-state index in [2.05, 4.69) is 0 Å². The predicted octanol–water partition coefficient (Wildman–Crippen LogP) is -1.22. The molecule has 0 amide bonds. The van der Waals surface area contributed by atoms with Crippen molar-refractivity contribution in [2.45, 2.75) is 30.6 Å². The second-order valence-electron chi connectivity index (χ2n) is 4.97. The van der Waals surface area contributed by atoms with Gasteiger partial charge in [-0.05, 0) is 0 Å². The first-order valence-electron chi connectivity index (χ1n) is 6.13. The molecule has 0 spiro atoms. The van der Waals surface area contributed by atoms with Gasteiger partial charge < -0.3 is 15.3 Å². The number of aliphatic hydroxyl groups excluding tert-OH is 3. The van der Waals surface area contributed by atoms with E-state index in [1.54, 1.807) is 0 Å². The summed E-state index contributed by atoms with van der Waals surface area (Å²) >= 11 is 0. The van der Waals surface area contributed by atoms with Crippen LogP contribution < -0.4 is 11.2 Å². The maximum Gasteiger partial charge on any atom is 0.423 e. The van der Waals surface area contributed by atoms with Crippen molar-refractivity contribution >= 4 is 0 Å². The molecule has 0 radical (unpaired) electrons. The lowest BCUT2D eigenvalue weighted by atomic mass is 10.1. The average Bonchev–Trinajstić information content (AvgIpc) is 2.60. The number of hydrogen-bond donors (Lipinski definition) is 4. The summed E-state index contributed by atoms with van der Waals surface area (Å²) < 4.78 is 52.4. The second kappa shape index (κ2) is 5.48. The monoisotopic (exact) mass is 328 g/mol. The lowest BCUT2D eigenvalue weighted by Gasteiger charge is -2.21. The van der Waals surface area contributed by atoms with E-state index in [0.717, 1.165) is 0 Å². The Morgan fingerprint density at radius 3 is 2.27 bits per heavy atom. The third kappa shape index (κ3) is 2.55. The van der Waals surface area contributed by atoms with Crippen molar-refractivity contribution in [1.82, 2.24) is 9.55 Å². The summed E-state index contributed by atoms with van der Waals surface area (Å²) in [5.41, 5.74) is -4.81. The number of hydrogen-bond acceptors (Lipinski definition) is 5. The molecule has 22 heavy (non-hydrogen) atoms. The molecule has 1 heterocycles. The molecule has 5 unspecified atom stereocenters. The zero-order chi connectivity index (χ0) is 16.8. The van der Waals surface area contributed by atoms with Gasteiger partial charge in [0, 0.05) is 12.1 Å². The van der Waals surface area contributed by atoms with E-state index in [1.165, 1.54) is 4.98 Å². The van der Waals surface area contributed by atoms with E-state index in [1.807, 2.05) is 0 Å². The van der Waals surface area contributed by atoms with Gasteiger partial charge >= 0.3 is 11.9 Å². The molecule has 0 aromatic carbocycles. The molecule has 1 aliphatic rings. The summed E-state index contributed by atoms with van der Waals surface area (Å²) in [6, 6.07) is -1.86. The van der Waals surface area contributed by atoms with E-state index in [9.17, 15) is 37.4 Å². The van der Waals surface area contributed by atoms with Crippen LogP contribution in [0.1, 0.15) is 11.6 Å². The molecule has 1 saturated carbocycles. The number of aromatic amines is 1. The Kier molecular flexibility index (Phi) is 4.15. The Balaban J connectivity index is 2.58. The molecular formula is C11H12F4N2O5. The second-order valence-corrected chi connectivity index (χ2v) is 4.97. The van der Waals surface area contributed by atoms with Crippen LogP contribution in [0.2, 0.25) is 0 Å². The maximum absolute atomic E-state index is 14.1. The molecule has 4 N–H and O–H groups in total. The van der Waals surface area contributed by atoms with E-state index >= 15 is 0 Å². The average molecular weight is 328 g/mol. The van der Waals surface area contributed by atoms with E-state index in [4.69, 9.17) is 5.11 Å². The van der Waals surface area contributed by atoms with Gasteiger partial charge in [0.15, 0.2) is 0 Å². The Labute approximate surface area is 119 Å². The van der Waals surface area contributed by atoms with Crippen molar-refractivity contribution in [3.05, 3.63) is 32.6 Å². The summed E-state index contributed by atoms with van der Waals surface area (Å²) in [6.07, 6.45) is -10.9. The lowest BCUT2D eigenvalue weighted by molar-refractivity contribution is -0.139. The highest BCUT2D eigenvalue weighted by Gasteiger charge is 2.51. The number of alkyl halides is 4. The van der Waals surface area contributed by atoms with Crippen LogP contribution >= 0.6 is 0 Å². The molecule has 1 aromatic heterocycles. The fourth-order valence-electron chi connectivity index (χ4n) is 2.52. The van der Waals surface area contributed by atoms with Crippen LogP contribution in [0, 0.1) is 5.92 Å². The molecule has 1 aromatic rings. The number of nitrogens with zero attached hydrogens (tertiary/aromatic N) is 1. The molecule has 1 fully saturated rings. The van der Waals surface area contributed by atoms with Gasteiger partial charge in [-0.25, -0.2) is 9.18 Å². The van der Waals surface area contributed by atoms with Crippen LogP contribution in [0.15, 0.2) is 15.8 Å². The van der Waals surface area contributed by atoms with Crippen LogP contribution in [-0.2, 0) is 6.18 Å². The molecule has 0 saturated heterocycles. The minimum Gasteiger partial charge on any atom is -0.396 e. The van der Waals surface area contributed by atoms with Gasteiger partial charge in [0.1, 0.15) is 17.8 Å².